The molecule has 0 unspecified atom stereocenters. The molecule has 4 atom stereocenters. The standard InChI is InChI=1S/C30H37ClN2O5S/c1-2-25-7-5-8-28(34)26-13-10-22(26)18-33-15-4-3-6-20-16-24(31)12-9-23(20)19-38-29-14-11-21(17-27(29)33)30(35)32-39(25,36)37/h5,8-9,11-12,14,16-17,22,25-26,28,34H,2-4,6-7,10,13,15,18-19H2,1H3,(H,32,35)/b8-5+/t22-,25+,26+,28-/m0/s1. The largest absolute Gasteiger partial charge is 0.487 e. The van der Waals surface area contributed by atoms with E-state index in [0.717, 1.165) is 56.4 Å². The Labute approximate surface area is 236 Å². The number of rotatable bonds is 1. The van der Waals surface area contributed by atoms with Crippen molar-refractivity contribution in [1.82, 2.24) is 4.72 Å². The zero-order valence-corrected chi connectivity index (χ0v) is 23.9. The number of benzene rings is 2. The van der Waals surface area contributed by atoms with E-state index in [4.69, 9.17) is 16.3 Å². The highest BCUT2D eigenvalue weighted by molar-refractivity contribution is 7.90. The van der Waals surface area contributed by atoms with Crippen molar-refractivity contribution in [3.63, 3.8) is 0 Å². The minimum atomic E-state index is -3.91. The van der Waals surface area contributed by atoms with Crippen molar-refractivity contribution in [2.45, 2.75) is 69.8 Å². The van der Waals surface area contributed by atoms with Gasteiger partial charge in [0.25, 0.3) is 5.91 Å². The van der Waals surface area contributed by atoms with E-state index in [9.17, 15) is 18.3 Å². The van der Waals surface area contributed by atoms with Crippen LogP contribution in [-0.2, 0) is 23.1 Å². The van der Waals surface area contributed by atoms with Crippen molar-refractivity contribution >= 4 is 33.2 Å². The van der Waals surface area contributed by atoms with Gasteiger partial charge in [0.05, 0.1) is 17.0 Å². The summed E-state index contributed by atoms with van der Waals surface area (Å²) in [6.07, 6.45) is 8.18. The van der Waals surface area contributed by atoms with Crippen LogP contribution < -0.4 is 14.4 Å². The number of sulfonamides is 1. The molecule has 1 amide bonds. The van der Waals surface area contributed by atoms with Gasteiger partial charge in [0.15, 0.2) is 0 Å². The predicted octanol–water partition coefficient (Wildman–Crippen LogP) is 5.25. The average molecular weight is 573 g/mol. The third-order valence-corrected chi connectivity index (χ3v) is 10.6. The van der Waals surface area contributed by atoms with E-state index in [-0.39, 0.29) is 23.8 Å². The minimum absolute atomic E-state index is 0.111. The van der Waals surface area contributed by atoms with E-state index < -0.39 is 27.3 Å². The van der Waals surface area contributed by atoms with Crippen molar-refractivity contribution in [3.05, 3.63) is 70.3 Å². The lowest BCUT2D eigenvalue weighted by atomic mass is 9.70. The topological polar surface area (TPSA) is 95.9 Å². The third kappa shape index (κ3) is 6.28. The maximum atomic E-state index is 13.2. The summed E-state index contributed by atoms with van der Waals surface area (Å²) in [6.45, 7) is 3.63. The fraction of sp³-hybridized carbons (Fsp3) is 0.500. The highest BCUT2D eigenvalue weighted by Gasteiger charge is 2.37. The van der Waals surface area contributed by atoms with Gasteiger partial charge < -0.3 is 14.7 Å². The first-order chi connectivity index (χ1) is 18.7. The fourth-order valence-corrected chi connectivity index (χ4v) is 7.47. The van der Waals surface area contributed by atoms with Crippen molar-refractivity contribution in [2.75, 3.05) is 18.0 Å². The summed E-state index contributed by atoms with van der Waals surface area (Å²) in [4.78, 5) is 15.5. The molecule has 2 aromatic rings. The number of hydrogen-bond acceptors (Lipinski definition) is 6. The number of nitrogens with zero attached hydrogens (tertiary/aromatic N) is 1. The van der Waals surface area contributed by atoms with Gasteiger partial charge in [-0.1, -0.05) is 36.7 Å². The molecule has 1 aliphatic carbocycles. The molecule has 1 saturated carbocycles. The summed E-state index contributed by atoms with van der Waals surface area (Å²) in [7, 11) is -3.91. The predicted molar refractivity (Wildman–Crippen MR) is 154 cm³/mol. The van der Waals surface area contributed by atoms with Crippen molar-refractivity contribution in [3.8, 4) is 5.75 Å². The molecule has 2 heterocycles. The molecular weight excluding hydrogens is 536 g/mol. The number of carbonyl (C=O) groups is 1. The second-order valence-electron chi connectivity index (χ2n) is 10.9. The molecule has 3 aliphatic rings. The maximum absolute atomic E-state index is 13.2. The first kappa shape index (κ1) is 28.0. The molecule has 2 aromatic carbocycles. The van der Waals surface area contributed by atoms with E-state index in [1.165, 1.54) is 5.56 Å². The fourth-order valence-electron chi connectivity index (χ4n) is 5.93. The van der Waals surface area contributed by atoms with Crippen LogP contribution in [0.15, 0.2) is 48.6 Å². The maximum Gasteiger partial charge on any atom is 0.264 e. The van der Waals surface area contributed by atoms with Gasteiger partial charge in [-0.3, -0.25) is 4.79 Å². The SMILES string of the molecule is CC[C@@H]1C/C=C/[C@H](O)[C@@H]2CC[C@H]2CN2CCCCc3cc(Cl)ccc3COc3ccc(cc32)C(=O)NS1(=O)=O. The van der Waals surface area contributed by atoms with Gasteiger partial charge in [-0.25, -0.2) is 13.1 Å². The Morgan fingerprint density at radius 1 is 1.13 bits per heavy atom. The molecule has 0 aromatic heterocycles. The van der Waals surface area contributed by atoms with E-state index in [1.807, 2.05) is 18.2 Å². The number of ether oxygens (including phenoxy) is 1. The summed E-state index contributed by atoms with van der Waals surface area (Å²) in [5.74, 6) is 0.391. The van der Waals surface area contributed by atoms with Crippen LogP contribution in [0.25, 0.3) is 0 Å². The smallest absolute Gasteiger partial charge is 0.264 e. The highest BCUT2D eigenvalue weighted by Crippen LogP contribution is 2.41. The highest BCUT2D eigenvalue weighted by atomic mass is 35.5. The minimum Gasteiger partial charge on any atom is -0.487 e. The molecular formula is C30H37ClN2O5S. The van der Waals surface area contributed by atoms with Crippen LogP contribution in [0, 0.1) is 11.8 Å². The molecule has 0 saturated heterocycles. The number of amides is 1. The first-order valence-corrected chi connectivity index (χ1v) is 15.9. The quantitative estimate of drug-likeness (QED) is 0.453. The van der Waals surface area contributed by atoms with E-state index in [2.05, 4.69) is 9.62 Å². The molecule has 7 nitrogen and oxygen atoms in total. The second-order valence-corrected chi connectivity index (χ2v) is 13.3. The lowest BCUT2D eigenvalue weighted by molar-refractivity contribution is 0.0461. The molecule has 9 heteroatoms. The molecule has 2 aliphatic heterocycles. The van der Waals surface area contributed by atoms with Gasteiger partial charge in [0.2, 0.25) is 10.0 Å². The van der Waals surface area contributed by atoms with Gasteiger partial charge in [-0.05, 0) is 98.2 Å². The molecule has 2 bridgehead atoms. The average Bonchev–Trinajstić information content (AvgIpc) is 2.91. The second kappa shape index (κ2) is 11.9. The first-order valence-electron chi connectivity index (χ1n) is 13.9. The lowest BCUT2D eigenvalue weighted by Gasteiger charge is -2.42. The van der Waals surface area contributed by atoms with Crippen LogP contribution in [0.1, 0.15) is 66.9 Å². The Kier molecular flexibility index (Phi) is 8.55. The van der Waals surface area contributed by atoms with E-state index in [1.54, 1.807) is 37.3 Å². The molecule has 210 valence electrons. The Balaban J connectivity index is 1.54. The van der Waals surface area contributed by atoms with Crippen molar-refractivity contribution in [2.24, 2.45) is 11.8 Å². The summed E-state index contributed by atoms with van der Waals surface area (Å²) in [5.41, 5.74) is 3.30. The van der Waals surface area contributed by atoms with E-state index in [0.29, 0.717) is 23.8 Å². The van der Waals surface area contributed by atoms with Crippen molar-refractivity contribution < 1.29 is 23.1 Å². The van der Waals surface area contributed by atoms with Gasteiger partial charge in [0, 0.05) is 23.7 Å². The number of allylic oxidation sites excluding steroid dienone is 1. The van der Waals surface area contributed by atoms with Crippen LogP contribution in [0.3, 0.4) is 0 Å². The molecule has 0 spiro atoms. The number of aliphatic hydroxyl groups excluding tert-OH is 1. The number of anilines is 1. The monoisotopic (exact) mass is 572 g/mol. The summed E-state index contributed by atoms with van der Waals surface area (Å²) in [6, 6.07) is 11.0. The number of aliphatic hydroxyl groups is 1. The Hall–Kier alpha value is -2.55. The molecule has 5 rings (SSSR count). The molecule has 2 N–H and O–H groups in total. The lowest BCUT2D eigenvalue weighted by Crippen LogP contribution is -2.43. The number of carbonyl (C=O) groups excluding carboxylic acids is 1. The summed E-state index contributed by atoms with van der Waals surface area (Å²) >= 11 is 6.28. The zero-order chi connectivity index (χ0) is 27.6. The van der Waals surface area contributed by atoms with Crippen molar-refractivity contribution in [1.29, 1.82) is 0 Å². The molecule has 0 radical (unpaired) electrons. The van der Waals surface area contributed by atoms with Crippen LogP contribution in [0.4, 0.5) is 5.69 Å². The van der Waals surface area contributed by atoms with Crippen LogP contribution >= 0.6 is 11.6 Å². The van der Waals surface area contributed by atoms with E-state index >= 15 is 0 Å². The number of halogens is 1. The summed E-state index contributed by atoms with van der Waals surface area (Å²) < 4.78 is 34.8. The third-order valence-electron chi connectivity index (χ3n) is 8.47. The number of aryl methyl sites for hydroxylation is 1. The normalized spacial score (nSPS) is 28.1. The van der Waals surface area contributed by atoms with Gasteiger partial charge in [-0.2, -0.15) is 0 Å². The molecule has 1 fully saturated rings. The number of nitrogens with one attached hydrogen (secondary N) is 1. The molecule has 39 heavy (non-hydrogen) atoms. The van der Waals surface area contributed by atoms with Gasteiger partial charge in [0.1, 0.15) is 12.4 Å². The number of fused-ring (bicyclic) bond motifs is 3. The van der Waals surface area contributed by atoms with Crippen LogP contribution in [-0.4, -0.2) is 43.9 Å². The zero-order valence-electron chi connectivity index (χ0n) is 22.3. The summed E-state index contributed by atoms with van der Waals surface area (Å²) in [5, 5.41) is 10.9. The van der Waals surface area contributed by atoms with Gasteiger partial charge in [-0.15, -0.1) is 0 Å². The Morgan fingerprint density at radius 3 is 2.74 bits per heavy atom. The van der Waals surface area contributed by atoms with Crippen LogP contribution in [0.5, 0.6) is 5.75 Å². The Morgan fingerprint density at radius 2 is 1.97 bits per heavy atom. The van der Waals surface area contributed by atoms with Gasteiger partial charge >= 0.3 is 0 Å². The Bertz CT molecular complexity index is 1340. The number of hydrogen-bond donors (Lipinski definition) is 2. The van der Waals surface area contributed by atoms with Crippen LogP contribution in [0.2, 0.25) is 5.02 Å².